The minimum Gasteiger partial charge on any atom is -0.103 e. The predicted octanol–water partition coefficient (Wildman–Crippen LogP) is 4.04. The van der Waals surface area contributed by atoms with Crippen molar-refractivity contribution in [2.24, 2.45) is 0 Å². The third-order valence-corrected chi connectivity index (χ3v) is 1.66. The Kier molecular flexibility index (Phi) is 11.5. The van der Waals surface area contributed by atoms with Gasteiger partial charge in [0, 0.05) is 0 Å². The van der Waals surface area contributed by atoms with Crippen molar-refractivity contribution in [3.8, 4) is 23.7 Å². The SMILES string of the molecule is C=CCCCC=CC=CC#CC#CC=CC. The van der Waals surface area contributed by atoms with E-state index in [4.69, 9.17) is 0 Å². The Morgan fingerprint density at radius 1 is 1.00 bits per heavy atom. The lowest BCUT2D eigenvalue weighted by molar-refractivity contribution is 0.870. The van der Waals surface area contributed by atoms with Crippen LogP contribution in [0.2, 0.25) is 0 Å². The van der Waals surface area contributed by atoms with Crippen LogP contribution in [0.15, 0.2) is 49.1 Å². The van der Waals surface area contributed by atoms with Gasteiger partial charge in [0.25, 0.3) is 0 Å². The standard InChI is InChI=1S/C16H18/c1-3-5-7-9-11-13-15-16-14-12-10-8-6-4-2/h3-4,6,11,13,15-16H,1,5,7,9H2,2H3. The van der Waals surface area contributed by atoms with Crippen LogP contribution < -0.4 is 0 Å². The quantitative estimate of drug-likeness (QED) is 0.278. The molecule has 0 aliphatic rings. The summed E-state index contributed by atoms with van der Waals surface area (Å²) in [6.45, 7) is 5.61. The molecule has 0 spiro atoms. The molecule has 0 aromatic carbocycles. The summed E-state index contributed by atoms with van der Waals surface area (Å²) < 4.78 is 0. The minimum absolute atomic E-state index is 1.08. The Bertz CT molecular complexity index is 370. The van der Waals surface area contributed by atoms with Crippen LogP contribution in [0.1, 0.15) is 26.2 Å². The van der Waals surface area contributed by atoms with Gasteiger partial charge in [-0.1, -0.05) is 42.2 Å². The van der Waals surface area contributed by atoms with Gasteiger partial charge < -0.3 is 0 Å². The summed E-state index contributed by atoms with van der Waals surface area (Å²) in [7, 11) is 0. The van der Waals surface area contributed by atoms with E-state index >= 15 is 0 Å². The molecule has 0 nitrogen and oxygen atoms in total. The van der Waals surface area contributed by atoms with Crippen LogP contribution in [0, 0.1) is 23.7 Å². The van der Waals surface area contributed by atoms with Crippen molar-refractivity contribution in [3.05, 3.63) is 49.1 Å². The molecule has 0 aromatic heterocycles. The van der Waals surface area contributed by atoms with E-state index in [1.165, 1.54) is 0 Å². The smallest absolute Gasteiger partial charge is 0.0102 e. The maximum atomic E-state index is 3.68. The second-order valence-electron chi connectivity index (χ2n) is 3.05. The molecule has 0 bridgehead atoms. The molecule has 0 fully saturated rings. The monoisotopic (exact) mass is 210 g/mol. The summed E-state index contributed by atoms with van der Waals surface area (Å²) in [5.41, 5.74) is 0. The average Bonchev–Trinajstić information content (AvgIpc) is 2.31. The Morgan fingerprint density at radius 3 is 2.44 bits per heavy atom. The van der Waals surface area contributed by atoms with Crippen LogP contribution in [0.25, 0.3) is 0 Å². The van der Waals surface area contributed by atoms with Gasteiger partial charge in [-0.25, -0.2) is 0 Å². The first kappa shape index (κ1) is 14.1. The summed E-state index contributed by atoms with van der Waals surface area (Å²) in [4.78, 5) is 0. The van der Waals surface area contributed by atoms with E-state index in [2.05, 4.69) is 36.3 Å². The molecule has 0 N–H and O–H groups in total. The average molecular weight is 210 g/mol. The molecule has 0 heterocycles. The summed E-state index contributed by atoms with van der Waals surface area (Å²) in [6.07, 6.45) is 16.8. The molecule has 0 aliphatic heterocycles. The lowest BCUT2D eigenvalue weighted by atomic mass is 10.2. The lowest BCUT2D eigenvalue weighted by Gasteiger charge is -1.86. The molecule has 0 heteroatoms. The second-order valence-corrected chi connectivity index (χ2v) is 3.05. The second kappa shape index (κ2) is 13.1. The van der Waals surface area contributed by atoms with Gasteiger partial charge in [-0.3, -0.25) is 0 Å². The van der Waals surface area contributed by atoms with E-state index in [-0.39, 0.29) is 0 Å². The highest BCUT2D eigenvalue weighted by atomic mass is 13.8. The first-order valence-corrected chi connectivity index (χ1v) is 5.46. The molecule has 0 radical (unpaired) electrons. The fourth-order valence-corrected chi connectivity index (χ4v) is 0.897. The molecular formula is C16H18. The highest BCUT2D eigenvalue weighted by molar-refractivity contribution is 5.34. The molecule has 0 amide bonds. The zero-order chi connectivity index (χ0) is 11.9. The molecule has 0 aromatic rings. The maximum Gasteiger partial charge on any atom is -0.0102 e. The van der Waals surface area contributed by atoms with Crippen molar-refractivity contribution in [1.82, 2.24) is 0 Å². The maximum absolute atomic E-state index is 3.68. The van der Waals surface area contributed by atoms with Crippen molar-refractivity contribution >= 4 is 0 Å². The van der Waals surface area contributed by atoms with Gasteiger partial charge in [0.05, 0.1) is 0 Å². The zero-order valence-corrected chi connectivity index (χ0v) is 9.87. The van der Waals surface area contributed by atoms with E-state index in [9.17, 15) is 0 Å². The van der Waals surface area contributed by atoms with Gasteiger partial charge in [0.15, 0.2) is 0 Å². The number of rotatable bonds is 5. The van der Waals surface area contributed by atoms with Gasteiger partial charge >= 0.3 is 0 Å². The zero-order valence-electron chi connectivity index (χ0n) is 9.87. The molecule has 0 rings (SSSR count). The first-order chi connectivity index (χ1) is 7.91. The van der Waals surface area contributed by atoms with Crippen molar-refractivity contribution in [2.45, 2.75) is 26.2 Å². The normalized spacial score (nSPS) is 10.1. The van der Waals surface area contributed by atoms with Gasteiger partial charge in [0.1, 0.15) is 0 Å². The van der Waals surface area contributed by atoms with E-state index < -0.39 is 0 Å². The fourth-order valence-electron chi connectivity index (χ4n) is 0.897. The highest BCUT2D eigenvalue weighted by Gasteiger charge is 1.76. The van der Waals surface area contributed by atoms with Crippen LogP contribution in [0.4, 0.5) is 0 Å². The molecule has 16 heavy (non-hydrogen) atoms. The molecule has 0 saturated carbocycles. The van der Waals surface area contributed by atoms with Crippen LogP contribution in [0.5, 0.6) is 0 Å². The predicted molar refractivity (Wildman–Crippen MR) is 72.7 cm³/mol. The summed E-state index contributed by atoms with van der Waals surface area (Å²) in [6, 6.07) is 0. The Balaban J connectivity index is 3.69. The Hall–Kier alpha value is -1.92. The molecule has 0 aliphatic carbocycles. The van der Waals surface area contributed by atoms with Crippen LogP contribution >= 0.6 is 0 Å². The fraction of sp³-hybridized carbons (Fsp3) is 0.250. The highest BCUT2D eigenvalue weighted by Crippen LogP contribution is 1.96. The largest absolute Gasteiger partial charge is 0.103 e. The number of allylic oxidation sites excluding steroid dienone is 7. The van der Waals surface area contributed by atoms with Crippen LogP contribution in [0.3, 0.4) is 0 Å². The van der Waals surface area contributed by atoms with E-state index in [0.717, 1.165) is 19.3 Å². The van der Waals surface area contributed by atoms with Gasteiger partial charge in [-0.2, -0.15) is 0 Å². The van der Waals surface area contributed by atoms with Gasteiger partial charge in [-0.05, 0) is 50.2 Å². The molecule has 0 unspecified atom stereocenters. The van der Waals surface area contributed by atoms with Crippen molar-refractivity contribution in [1.29, 1.82) is 0 Å². The summed E-state index contributed by atoms with van der Waals surface area (Å²) >= 11 is 0. The van der Waals surface area contributed by atoms with Gasteiger partial charge in [0.2, 0.25) is 0 Å². The number of unbranched alkanes of at least 4 members (excludes halogenated alkanes) is 2. The third kappa shape index (κ3) is 12.1. The summed E-state index contributed by atoms with van der Waals surface area (Å²) in [5.74, 6) is 11.1. The van der Waals surface area contributed by atoms with Crippen LogP contribution in [-0.2, 0) is 0 Å². The minimum atomic E-state index is 1.08. The molecule has 82 valence electrons. The van der Waals surface area contributed by atoms with Crippen molar-refractivity contribution in [3.63, 3.8) is 0 Å². The molecule has 0 saturated heterocycles. The van der Waals surface area contributed by atoms with Gasteiger partial charge in [-0.15, -0.1) is 6.58 Å². The van der Waals surface area contributed by atoms with E-state index in [1.54, 1.807) is 12.2 Å². The number of hydrogen-bond acceptors (Lipinski definition) is 0. The first-order valence-electron chi connectivity index (χ1n) is 5.46. The lowest BCUT2D eigenvalue weighted by Crippen LogP contribution is -1.66. The summed E-state index contributed by atoms with van der Waals surface area (Å²) in [5, 5.41) is 0. The number of hydrogen-bond donors (Lipinski definition) is 0. The van der Waals surface area contributed by atoms with E-state index in [1.807, 2.05) is 31.2 Å². The Morgan fingerprint density at radius 2 is 1.75 bits per heavy atom. The molecular weight excluding hydrogens is 192 g/mol. The Labute approximate surface area is 99.5 Å². The topological polar surface area (TPSA) is 0 Å². The third-order valence-electron chi connectivity index (χ3n) is 1.66. The van der Waals surface area contributed by atoms with Crippen molar-refractivity contribution in [2.75, 3.05) is 0 Å². The molecule has 0 atom stereocenters. The van der Waals surface area contributed by atoms with E-state index in [0.29, 0.717) is 0 Å². The van der Waals surface area contributed by atoms with Crippen molar-refractivity contribution < 1.29 is 0 Å². The van der Waals surface area contributed by atoms with Crippen LogP contribution in [-0.4, -0.2) is 0 Å².